The fourth-order valence-corrected chi connectivity index (χ4v) is 5.19. The molecule has 0 spiro atoms. The second-order valence-electron chi connectivity index (χ2n) is 9.11. The number of nitrogens with zero attached hydrogens (tertiary/aromatic N) is 4. The summed E-state index contributed by atoms with van der Waals surface area (Å²) >= 11 is 0. The Morgan fingerprint density at radius 3 is 2.60 bits per heavy atom. The summed E-state index contributed by atoms with van der Waals surface area (Å²) in [5.41, 5.74) is 11.4. The lowest BCUT2D eigenvalue weighted by Crippen LogP contribution is -2.21. The summed E-state index contributed by atoms with van der Waals surface area (Å²) in [5, 5.41) is 24.5. The molecule has 176 valence electrons. The number of H-pyrrole nitrogens is 1. The van der Waals surface area contributed by atoms with Crippen LogP contribution in [0.15, 0.2) is 54.9 Å². The van der Waals surface area contributed by atoms with Gasteiger partial charge >= 0.3 is 5.97 Å². The molecule has 6 rings (SSSR count). The van der Waals surface area contributed by atoms with Gasteiger partial charge in [0.25, 0.3) is 0 Å². The number of phenols is 1. The molecular formula is C26H24N6O3. The number of carboxylic acids is 1. The molecule has 9 heteroatoms. The van der Waals surface area contributed by atoms with Crippen LogP contribution in [0.2, 0.25) is 0 Å². The van der Waals surface area contributed by atoms with Gasteiger partial charge in [-0.05, 0) is 49.4 Å². The molecule has 3 aromatic heterocycles. The van der Waals surface area contributed by atoms with Gasteiger partial charge < -0.3 is 20.9 Å². The van der Waals surface area contributed by atoms with Gasteiger partial charge in [-0.2, -0.15) is 5.10 Å². The standard InChI is InChI=1S/C26H24N6O3/c27-24-23-22(31-25(32(23)29-13-28-24)15-4-6-16(7-5-15)26(34)35)20-12-17-2-1-3-19(21(17)30-20)14-8-10-18(33)11-9-14/h1-3,8-13,15-16,30,33H,4-7H2,(H,34,35)(H2,27,28,29)/t15-,16-. The van der Waals surface area contributed by atoms with Crippen LogP contribution in [0.25, 0.3) is 38.9 Å². The first kappa shape index (κ1) is 21.2. The molecule has 0 bridgehead atoms. The van der Waals surface area contributed by atoms with Gasteiger partial charge in [0.05, 0.1) is 17.1 Å². The lowest BCUT2D eigenvalue weighted by atomic mass is 9.82. The van der Waals surface area contributed by atoms with Gasteiger partial charge in [0.2, 0.25) is 0 Å². The van der Waals surface area contributed by atoms with E-state index in [1.54, 1.807) is 16.6 Å². The maximum atomic E-state index is 11.4. The van der Waals surface area contributed by atoms with E-state index in [4.69, 9.17) is 10.7 Å². The average Bonchev–Trinajstić information content (AvgIpc) is 3.47. The average molecular weight is 469 g/mol. The largest absolute Gasteiger partial charge is 0.508 e. The smallest absolute Gasteiger partial charge is 0.306 e. The third-order valence-electron chi connectivity index (χ3n) is 7.02. The number of benzene rings is 2. The van der Waals surface area contributed by atoms with Crippen molar-refractivity contribution in [1.82, 2.24) is 24.6 Å². The van der Waals surface area contributed by atoms with Crippen molar-refractivity contribution in [2.45, 2.75) is 31.6 Å². The quantitative estimate of drug-likeness (QED) is 0.302. The molecule has 1 aliphatic carbocycles. The number of fused-ring (bicyclic) bond motifs is 2. The van der Waals surface area contributed by atoms with Crippen molar-refractivity contribution in [1.29, 1.82) is 0 Å². The number of rotatable bonds is 4. The Labute approximate surface area is 200 Å². The molecule has 1 saturated carbocycles. The zero-order valence-electron chi connectivity index (χ0n) is 18.8. The van der Waals surface area contributed by atoms with E-state index in [1.165, 1.54) is 6.33 Å². The fourth-order valence-electron chi connectivity index (χ4n) is 5.19. The van der Waals surface area contributed by atoms with Crippen LogP contribution < -0.4 is 5.73 Å². The van der Waals surface area contributed by atoms with Crippen molar-refractivity contribution in [2.24, 2.45) is 5.92 Å². The first-order valence-corrected chi connectivity index (χ1v) is 11.6. The summed E-state index contributed by atoms with van der Waals surface area (Å²) in [5.74, 6) is 0.404. The monoisotopic (exact) mass is 468 g/mol. The maximum Gasteiger partial charge on any atom is 0.306 e. The van der Waals surface area contributed by atoms with Gasteiger partial charge in [-0.3, -0.25) is 4.79 Å². The number of hydrogen-bond acceptors (Lipinski definition) is 6. The van der Waals surface area contributed by atoms with Crippen LogP contribution in [0.5, 0.6) is 5.75 Å². The first-order chi connectivity index (χ1) is 17.0. The number of carboxylic acid groups (broad SMARTS) is 1. The third kappa shape index (κ3) is 3.56. The highest BCUT2D eigenvalue weighted by molar-refractivity contribution is 5.98. The molecule has 3 heterocycles. The lowest BCUT2D eigenvalue weighted by molar-refractivity contribution is -0.142. The zero-order chi connectivity index (χ0) is 24.1. The second kappa shape index (κ2) is 8.12. The molecule has 9 nitrogen and oxygen atoms in total. The van der Waals surface area contributed by atoms with Crippen LogP contribution in [0.1, 0.15) is 37.4 Å². The molecule has 1 aliphatic rings. The van der Waals surface area contributed by atoms with Crippen molar-refractivity contribution in [3.8, 4) is 28.3 Å². The van der Waals surface area contributed by atoms with Gasteiger partial charge in [0, 0.05) is 16.9 Å². The van der Waals surface area contributed by atoms with Crippen molar-refractivity contribution >= 4 is 28.2 Å². The summed E-state index contributed by atoms with van der Waals surface area (Å²) in [6.07, 6.45) is 4.13. The number of nitrogen functional groups attached to an aromatic ring is 1. The van der Waals surface area contributed by atoms with E-state index in [-0.39, 0.29) is 17.6 Å². The predicted octanol–water partition coefficient (Wildman–Crippen LogP) is 4.59. The highest BCUT2D eigenvalue weighted by Crippen LogP contribution is 2.39. The summed E-state index contributed by atoms with van der Waals surface area (Å²) in [6, 6.07) is 15.2. The van der Waals surface area contributed by atoms with Crippen molar-refractivity contribution < 1.29 is 15.0 Å². The van der Waals surface area contributed by atoms with Gasteiger partial charge in [-0.15, -0.1) is 0 Å². The number of aromatic amines is 1. The van der Waals surface area contributed by atoms with Gasteiger partial charge in [0.15, 0.2) is 5.82 Å². The van der Waals surface area contributed by atoms with Crippen LogP contribution in [0.4, 0.5) is 5.82 Å². The number of imidazole rings is 1. The van der Waals surface area contributed by atoms with E-state index in [0.717, 1.165) is 46.4 Å². The Balaban J connectivity index is 1.47. The Hall–Kier alpha value is -4.40. The highest BCUT2D eigenvalue weighted by Gasteiger charge is 2.31. The molecular weight excluding hydrogens is 444 g/mol. The number of phenolic OH excluding ortho intramolecular Hbond substituents is 1. The van der Waals surface area contributed by atoms with Crippen LogP contribution in [-0.2, 0) is 4.79 Å². The molecule has 0 saturated heterocycles. The molecule has 0 unspecified atom stereocenters. The zero-order valence-corrected chi connectivity index (χ0v) is 18.8. The minimum absolute atomic E-state index is 0.0954. The summed E-state index contributed by atoms with van der Waals surface area (Å²) in [6.45, 7) is 0. The van der Waals surface area contributed by atoms with Crippen molar-refractivity contribution in [2.75, 3.05) is 5.73 Å². The fraction of sp³-hybridized carbons (Fsp3) is 0.231. The SMILES string of the molecule is Nc1ncnn2c1c(-c1cc3cccc(-c4ccc(O)cc4)c3[nH]1)nc2[C@H]1CC[C@H](C(=O)O)CC1. The summed E-state index contributed by atoms with van der Waals surface area (Å²) in [7, 11) is 0. The number of aliphatic carboxylic acids is 1. The predicted molar refractivity (Wildman–Crippen MR) is 132 cm³/mol. The summed E-state index contributed by atoms with van der Waals surface area (Å²) < 4.78 is 1.76. The van der Waals surface area contributed by atoms with Gasteiger partial charge in [-0.25, -0.2) is 14.5 Å². The van der Waals surface area contributed by atoms with Gasteiger partial charge in [0.1, 0.15) is 29.1 Å². The number of aromatic nitrogens is 5. The van der Waals surface area contributed by atoms with Crippen LogP contribution in [0, 0.1) is 5.92 Å². The number of anilines is 1. The Morgan fingerprint density at radius 2 is 1.86 bits per heavy atom. The molecule has 0 amide bonds. The number of nitrogens with two attached hydrogens (primary N) is 1. The Kier molecular flexibility index (Phi) is 4.91. The first-order valence-electron chi connectivity index (χ1n) is 11.6. The lowest BCUT2D eigenvalue weighted by Gasteiger charge is -2.24. The Bertz CT molecular complexity index is 1560. The normalized spacial score (nSPS) is 18.3. The number of para-hydroxylation sites is 1. The van der Waals surface area contributed by atoms with Crippen molar-refractivity contribution in [3.05, 3.63) is 60.7 Å². The van der Waals surface area contributed by atoms with E-state index in [2.05, 4.69) is 15.1 Å². The third-order valence-corrected chi connectivity index (χ3v) is 7.02. The minimum atomic E-state index is -0.730. The minimum Gasteiger partial charge on any atom is -0.508 e. The topological polar surface area (TPSA) is 142 Å². The maximum absolute atomic E-state index is 11.4. The second-order valence-corrected chi connectivity index (χ2v) is 9.11. The van der Waals surface area contributed by atoms with Crippen LogP contribution in [-0.4, -0.2) is 40.7 Å². The molecule has 0 atom stereocenters. The molecule has 5 aromatic rings. The molecule has 0 radical (unpaired) electrons. The van der Waals surface area contributed by atoms with E-state index >= 15 is 0 Å². The Morgan fingerprint density at radius 1 is 1.09 bits per heavy atom. The highest BCUT2D eigenvalue weighted by atomic mass is 16.4. The van der Waals surface area contributed by atoms with Crippen LogP contribution >= 0.6 is 0 Å². The van der Waals surface area contributed by atoms with Gasteiger partial charge in [-0.1, -0.05) is 30.3 Å². The molecule has 0 aliphatic heterocycles. The van der Waals surface area contributed by atoms with E-state index in [9.17, 15) is 15.0 Å². The van der Waals surface area contributed by atoms with E-state index < -0.39 is 5.97 Å². The molecule has 2 aromatic carbocycles. The molecule has 1 fully saturated rings. The molecule has 35 heavy (non-hydrogen) atoms. The molecule has 5 N–H and O–H groups in total. The van der Waals surface area contributed by atoms with Crippen LogP contribution in [0.3, 0.4) is 0 Å². The number of aromatic hydroxyl groups is 1. The summed E-state index contributed by atoms with van der Waals surface area (Å²) in [4.78, 5) is 24.1. The van der Waals surface area contributed by atoms with E-state index in [1.807, 2.05) is 36.4 Å². The number of nitrogens with one attached hydrogen (secondary N) is 1. The number of hydrogen-bond donors (Lipinski definition) is 4. The van der Waals surface area contributed by atoms with Crippen molar-refractivity contribution in [3.63, 3.8) is 0 Å². The number of carbonyl (C=O) groups is 1. The van der Waals surface area contributed by atoms with E-state index in [0.29, 0.717) is 29.9 Å².